The third-order valence-corrected chi connectivity index (χ3v) is 3.72. The first-order chi connectivity index (χ1) is 10.5. The summed E-state index contributed by atoms with van der Waals surface area (Å²) in [5.74, 6) is 0.0402. The van der Waals surface area contributed by atoms with Crippen molar-refractivity contribution >= 4 is 46.4 Å². The number of para-hydroxylation sites is 1. The number of anilines is 1. The fourth-order valence-corrected chi connectivity index (χ4v) is 2.57. The van der Waals surface area contributed by atoms with Gasteiger partial charge >= 0.3 is 0 Å². The minimum atomic E-state index is -0.348. The van der Waals surface area contributed by atoms with Gasteiger partial charge in [0.2, 0.25) is 0 Å². The average molecular weight is 359 g/mol. The van der Waals surface area contributed by atoms with E-state index in [0.717, 1.165) is 6.42 Å². The quantitative estimate of drug-likeness (QED) is 0.746. The molecule has 116 valence electrons. The Labute approximate surface area is 144 Å². The molecule has 1 N–H and O–H groups in total. The highest BCUT2D eigenvalue weighted by Gasteiger charge is 2.15. The van der Waals surface area contributed by atoms with Crippen molar-refractivity contribution in [2.24, 2.45) is 0 Å². The van der Waals surface area contributed by atoms with Crippen molar-refractivity contribution in [1.82, 2.24) is 0 Å². The maximum absolute atomic E-state index is 12.3. The SMILES string of the molecule is CCCOc1c(Cl)cc(C(=O)Nc2ccccc2Cl)cc1Cl. The van der Waals surface area contributed by atoms with E-state index >= 15 is 0 Å². The van der Waals surface area contributed by atoms with Gasteiger partial charge in [-0.2, -0.15) is 0 Å². The Morgan fingerprint density at radius 3 is 2.32 bits per heavy atom. The van der Waals surface area contributed by atoms with E-state index in [2.05, 4.69) is 5.32 Å². The number of benzene rings is 2. The number of carbonyl (C=O) groups excluding carboxylic acids is 1. The second-order valence-electron chi connectivity index (χ2n) is 4.55. The molecule has 2 rings (SSSR count). The number of ether oxygens (including phenoxy) is 1. The maximum Gasteiger partial charge on any atom is 0.255 e. The zero-order valence-electron chi connectivity index (χ0n) is 11.8. The molecule has 6 heteroatoms. The molecule has 0 saturated carbocycles. The molecule has 22 heavy (non-hydrogen) atoms. The summed E-state index contributed by atoms with van der Waals surface area (Å²) in [6, 6.07) is 10.0. The molecule has 0 saturated heterocycles. The van der Waals surface area contributed by atoms with Crippen LogP contribution >= 0.6 is 34.8 Å². The summed E-state index contributed by atoms with van der Waals surface area (Å²) < 4.78 is 5.47. The van der Waals surface area contributed by atoms with Gasteiger partial charge < -0.3 is 10.1 Å². The van der Waals surface area contributed by atoms with Crippen LogP contribution in [0.2, 0.25) is 15.1 Å². The van der Waals surface area contributed by atoms with Crippen molar-refractivity contribution in [2.75, 3.05) is 11.9 Å². The highest BCUT2D eigenvalue weighted by molar-refractivity contribution is 6.38. The van der Waals surface area contributed by atoms with Crippen molar-refractivity contribution in [3.63, 3.8) is 0 Å². The number of halogens is 3. The Bertz CT molecular complexity index is 666. The normalized spacial score (nSPS) is 10.4. The first-order valence-electron chi connectivity index (χ1n) is 6.70. The molecule has 0 aliphatic rings. The second-order valence-corrected chi connectivity index (χ2v) is 5.77. The van der Waals surface area contributed by atoms with E-state index in [1.165, 1.54) is 12.1 Å². The number of hydrogen-bond acceptors (Lipinski definition) is 2. The Morgan fingerprint density at radius 1 is 1.09 bits per heavy atom. The minimum Gasteiger partial charge on any atom is -0.490 e. The molecule has 0 atom stereocenters. The van der Waals surface area contributed by atoms with Crippen molar-refractivity contribution in [2.45, 2.75) is 13.3 Å². The van der Waals surface area contributed by atoms with Crippen LogP contribution in [0.4, 0.5) is 5.69 Å². The number of hydrogen-bond donors (Lipinski definition) is 1. The summed E-state index contributed by atoms with van der Waals surface area (Å²) in [4.78, 5) is 12.3. The summed E-state index contributed by atoms with van der Waals surface area (Å²) in [5.41, 5.74) is 0.853. The molecular formula is C16H14Cl3NO2. The number of carbonyl (C=O) groups is 1. The van der Waals surface area contributed by atoms with Gasteiger partial charge in [-0.3, -0.25) is 4.79 Å². The van der Waals surface area contributed by atoms with Gasteiger partial charge in [0.25, 0.3) is 5.91 Å². The summed E-state index contributed by atoms with van der Waals surface area (Å²) in [6.07, 6.45) is 0.835. The van der Waals surface area contributed by atoms with E-state index < -0.39 is 0 Å². The van der Waals surface area contributed by atoms with Gasteiger partial charge in [0, 0.05) is 5.56 Å². The smallest absolute Gasteiger partial charge is 0.255 e. The monoisotopic (exact) mass is 357 g/mol. The van der Waals surface area contributed by atoms with Crippen LogP contribution in [0.15, 0.2) is 36.4 Å². The van der Waals surface area contributed by atoms with E-state index in [1.807, 2.05) is 6.92 Å². The van der Waals surface area contributed by atoms with Crippen LogP contribution in [0, 0.1) is 0 Å². The molecule has 0 heterocycles. The summed E-state index contributed by atoms with van der Waals surface area (Å²) >= 11 is 18.3. The lowest BCUT2D eigenvalue weighted by Crippen LogP contribution is -2.12. The number of amides is 1. The lowest BCUT2D eigenvalue weighted by Gasteiger charge is -2.12. The van der Waals surface area contributed by atoms with Crippen LogP contribution < -0.4 is 10.1 Å². The lowest BCUT2D eigenvalue weighted by atomic mass is 10.2. The van der Waals surface area contributed by atoms with Gasteiger partial charge in [-0.05, 0) is 30.7 Å². The molecule has 2 aromatic rings. The van der Waals surface area contributed by atoms with Crippen molar-refractivity contribution in [1.29, 1.82) is 0 Å². The first-order valence-corrected chi connectivity index (χ1v) is 7.84. The molecule has 3 nitrogen and oxygen atoms in total. The van der Waals surface area contributed by atoms with Crippen LogP contribution in [0.1, 0.15) is 23.7 Å². The number of nitrogens with one attached hydrogen (secondary N) is 1. The second kappa shape index (κ2) is 7.73. The molecule has 0 aromatic heterocycles. The average Bonchev–Trinajstić information content (AvgIpc) is 2.48. The highest BCUT2D eigenvalue weighted by Crippen LogP contribution is 2.34. The molecule has 0 unspecified atom stereocenters. The third-order valence-electron chi connectivity index (χ3n) is 2.83. The van der Waals surface area contributed by atoms with Crippen molar-refractivity contribution in [3.8, 4) is 5.75 Å². The maximum atomic E-state index is 12.3. The highest BCUT2D eigenvalue weighted by atomic mass is 35.5. The summed E-state index contributed by atoms with van der Waals surface area (Å²) in [6.45, 7) is 2.48. The Kier molecular flexibility index (Phi) is 5.95. The number of rotatable bonds is 5. The van der Waals surface area contributed by atoms with Gasteiger partial charge in [0.05, 0.1) is 27.4 Å². The van der Waals surface area contributed by atoms with Crippen LogP contribution in [0.5, 0.6) is 5.75 Å². The molecule has 1 amide bonds. The van der Waals surface area contributed by atoms with Crippen molar-refractivity contribution in [3.05, 3.63) is 57.0 Å². The van der Waals surface area contributed by atoms with Gasteiger partial charge in [-0.1, -0.05) is 53.9 Å². The fourth-order valence-electron chi connectivity index (χ4n) is 1.79. The molecular weight excluding hydrogens is 345 g/mol. The molecule has 0 spiro atoms. The Balaban J connectivity index is 2.22. The van der Waals surface area contributed by atoms with E-state index in [9.17, 15) is 4.79 Å². The molecule has 2 aromatic carbocycles. The standard InChI is InChI=1S/C16H14Cl3NO2/c1-2-7-22-15-12(18)8-10(9-13(15)19)16(21)20-14-6-4-3-5-11(14)17/h3-6,8-9H,2,7H2,1H3,(H,20,21). The van der Waals surface area contributed by atoms with Gasteiger partial charge in [-0.25, -0.2) is 0 Å². The van der Waals surface area contributed by atoms with Crippen LogP contribution in [-0.2, 0) is 0 Å². The van der Waals surface area contributed by atoms with Gasteiger partial charge in [0.15, 0.2) is 5.75 Å². The predicted molar refractivity (Wildman–Crippen MR) is 91.7 cm³/mol. The van der Waals surface area contributed by atoms with E-state index in [-0.39, 0.29) is 5.91 Å². The summed E-state index contributed by atoms with van der Waals surface area (Å²) in [5, 5.41) is 3.76. The molecule has 0 bridgehead atoms. The predicted octanol–water partition coefficient (Wildman–Crippen LogP) is 5.69. The Morgan fingerprint density at radius 2 is 1.73 bits per heavy atom. The van der Waals surface area contributed by atoms with Crippen LogP contribution in [-0.4, -0.2) is 12.5 Å². The zero-order chi connectivity index (χ0) is 16.1. The third kappa shape index (κ3) is 4.07. The van der Waals surface area contributed by atoms with Crippen LogP contribution in [0.3, 0.4) is 0 Å². The van der Waals surface area contributed by atoms with E-state index in [0.29, 0.717) is 38.7 Å². The summed E-state index contributed by atoms with van der Waals surface area (Å²) in [7, 11) is 0. The molecule has 0 aliphatic heterocycles. The van der Waals surface area contributed by atoms with Gasteiger partial charge in [0.1, 0.15) is 0 Å². The van der Waals surface area contributed by atoms with Gasteiger partial charge in [-0.15, -0.1) is 0 Å². The van der Waals surface area contributed by atoms with Crippen LogP contribution in [0.25, 0.3) is 0 Å². The van der Waals surface area contributed by atoms with Crippen molar-refractivity contribution < 1.29 is 9.53 Å². The molecule has 0 radical (unpaired) electrons. The minimum absolute atomic E-state index is 0.297. The largest absolute Gasteiger partial charge is 0.490 e. The lowest BCUT2D eigenvalue weighted by molar-refractivity contribution is 0.102. The van der Waals surface area contributed by atoms with E-state index in [4.69, 9.17) is 39.5 Å². The van der Waals surface area contributed by atoms with E-state index in [1.54, 1.807) is 24.3 Å². The first kappa shape index (κ1) is 16.9. The zero-order valence-corrected chi connectivity index (χ0v) is 14.1. The Hall–Kier alpha value is -1.42. The topological polar surface area (TPSA) is 38.3 Å². The fraction of sp³-hybridized carbons (Fsp3) is 0.188. The molecule has 0 fully saturated rings. The molecule has 0 aliphatic carbocycles.